The molecule has 0 radical (unpaired) electrons. The first-order valence-electron chi connectivity index (χ1n) is 14.6. The topological polar surface area (TPSA) is 101 Å². The minimum absolute atomic E-state index is 0.0709. The smallest absolute Gasteiger partial charge is 0.266 e. The molecule has 1 aliphatic rings. The number of nitrogens with zero attached hydrogens (tertiary/aromatic N) is 1. The monoisotopic (exact) mass is 657 g/mol. The molecule has 8 nitrogen and oxygen atoms in total. The molecule has 0 saturated carbocycles. The van der Waals surface area contributed by atoms with Gasteiger partial charge in [0.1, 0.15) is 11.5 Å². The van der Waals surface area contributed by atoms with Crippen LogP contribution in [0.4, 0.5) is 0 Å². The van der Waals surface area contributed by atoms with E-state index in [2.05, 4.69) is 26.8 Å². The SMILES string of the molecule is COc1ccccc1CCNNC(=O)[C@@]1(Cc2ccc(Br)cc2)N=C(c2ccc(OCCCO)cc2)O[C@H]1c1ccccc1. The molecule has 5 rings (SSSR count). The van der Waals surface area contributed by atoms with Gasteiger partial charge in [-0.1, -0.05) is 76.6 Å². The van der Waals surface area contributed by atoms with Crippen LogP contribution in [-0.2, 0) is 22.4 Å². The van der Waals surface area contributed by atoms with E-state index in [1.54, 1.807) is 7.11 Å². The molecule has 9 heteroatoms. The number of hydrogen-bond donors (Lipinski definition) is 3. The van der Waals surface area contributed by atoms with E-state index in [0.717, 1.165) is 32.5 Å². The summed E-state index contributed by atoms with van der Waals surface area (Å²) in [5, 5.41) is 9.05. The Morgan fingerprint density at radius 2 is 1.70 bits per heavy atom. The fourth-order valence-corrected chi connectivity index (χ4v) is 5.45. The lowest BCUT2D eigenvalue weighted by atomic mass is 9.82. The average Bonchev–Trinajstić information content (AvgIpc) is 3.45. The lowest BCUT2D eigenvalue weighted by Gasteiger charge is -2.31. The zero-order valence-electron chi connectivity index (χ0n) is 24.5. The van der Waals surface area contributed by atoms with Gasteiger partial charge in [-0.05, 0) is 65.6 Å². The number of aliphatic imine (C=N–C) groups is 1. The van der Waals surface area contributed by atoms with Crippen LogP contribution in [0.15, 0.2) is 113 Å². The fraction of sp³-hybridized carbons (Fsp3) is 0.257. The van der Waals surface area contributed by atoms with Crippen LogP contribution < -0.4 is 20.3 Å². The van der Waals surface area contributed by atoms with Crippen LogP contribution in [0.2, 0.25) is 0 Å². The number of methoxy groups -OCH3 is 1. The summed E-state index contributed by atoms with van der Waals surface area (Å²) in [5.41, 5.74) is 8.32. The minimum Gasteiger partial charge on any atom is -0.496 e. The number of aliphatic hydroxyl groups excluding tert-OH is 1. The van der Waals surface area contributed by atoms with Crippen molar-refractivity contribution in [2.75, 3.05) is 26.9 Å². The number of ether oxygens (including phenoxy) is 3. The molecule has 0 fully saturated rings. The number of para-hydroxylation sites is 1. The van der Waals surface area contributed by atoms with Crippen molar-refractivity contribution < 1.29 is 24.1 Å². The lowest BCUT2D eigenvalue weighted by molar-refractivity contribution is -0.130. The predicted octanol–water partition coefficient (Wildman–Crippen LogP) is 5.58. The van der Waals surface area contributed by atoms with E-state index < -0.39 is 11.6 Å². The minimum atomic E-state index is -1.31. The third-order valence-electron chi connectivity index (χ3n) is 7.43. The van der Waals surface area contributed by atoms with Gasteiger partial charge in [0.25, 0.3) is 5.91 Å². The zero-order chi connectivity index (χ0) is 30.8. The maximum absolute atomic E-state index is 14.3. The van der Waals surface area contributed by atoms with Crippen molar-refractivity contribution in [2.45, 2.75) is 30.9 Å². The van der Waals surface area contributed by atoms with Gasteiger partial charge in [0.15, 0.2) is 11.6 Å². The summed E-state index contributed by atoms with van der Waals surface area (Å²) in [7, 11) is 1.65. The summed E-state index contributed by atoms with van der Waals surface area (Å²) in [6, 6.07) is 32.9. The standard InChI is InChI=1S/C35H36BrN3O5/c1-42-31-11-6-5-8-26(31)20-21-37-39-34(41)35(24-25-12-16-29(36)17-13-25)32(27-9-3-2-4-10-27)44-33(38-35)28-14-18-30(19-15-28)43-23-7-22-40/h2-6,8-19,32,37,40H,7,20-24H2,1H3,(H,39,41)/t32-,35-/m0/s1. The molecule has 0 bridgehead atoms. The molecular formula is C35H36BrN3O5. The molecule has 228 valence electrons. The summed E-state index contributed by atoms with van der Waals surface area (Å²) in [4.78, 5) is 19.4. The number of amides is 1. The van der Waals surface area contributed by atoms with Crippen LogP contribution in [0.5, 0.6) is 11.5 Å². The highest BCUT2D eigenvalue weighted by molar-refractivity contribution is 9.10. The fourth-order valence-electron chi connectivity index (χ4n) is 5.18. The number of benzene rings is 4. The molecule has 0 aliphatic carbocycles. The van der Waals surface area contributed by atoms with Crippen LogP contribution in [0.25, 0.3) is 0 Å². The average molecular weight is 659 g/mol. The van der Waals surface area contributed by atoms with Crippen molar-refractivity contribution in [1.29, 1.82) is 0 Å². The van der Waals surface area contributed by atoms with E-state index in [4.69, 9.17) is 24.3 Å². The summed E-state index contributed by atoms with van der Waals surface area (Å²) in [6.07, 6.45) is 0.839. The number of aliphatic hydroxyl groups is 1. The van der Waals surface area contributed by atoms with Gasteiger partial charge in [-0.3, -0.25) is 10.2 Å². The van der Waals surface area contributed by atoms with Crippen LogP contribution in [0, 0.1) is 0 Å². The van der Waals surface area contributed by atoms with E-state index in [9.17, 15) is 4.79 Å². The number of nitrogens with one attached hydrogen (secondary N) is 2. The molecule has 0 unspecified atom stereocenters. The maximum atomic E-state index is 14.3. The van der Waals surface area contributed by atoms with Crippen molar-refractivity contribution in [1.82, 2.24) is 10.9 Å². The number of halogens is 1. The molecule has 4 aromatic carbocycles. The number of carbonyl (C=O) groups is 1. The number of rotatable bonds is 14. The third-order valence-corrected chi connectivity index (χ3v) is 7.96. The van der Waals surface area contributed by atoms with Crippen LogP contribution in [-0.4, -0.2) is 49.3 Å². The molecule has 2 atom stereocenters. The first-order valence-corrected chi connectivity index (χ1v) is 15.4. The van der Waals surface area contributed by atoms with E-state index >= 15 is 0 Å². The first kappa shape index (κ1) is 31.3. The molecule has 0 spiro atoms. The highest BCUT2D eigenvalue weighted by atomic mass is 79.9. The highest BCUT2D eigenvalue weighted by Crippen LogP contribution is 2.42. The van der Waals surface area contributed by atoms with Gasteiger partial charge >= 0.3 is 0 Å². The van der Waals surface area contributed by atoms with E-state index in [-0.39, 0.29) is 12.5 Å². The van der Waals surface area contributed by atoms with Gasteiger partial charge in [0, 0.05) is 36.0 Å². The van der Waals surface area contributed by atoms with Crippen molar-refractivity contribution >= 4 is 27.7 Å². The Kier molecular flexibility index (Phi) is 10.7. The molecule has 4 aromatic rings. The quantitative estimate of drug-likeness (QED) is 0.121. The van der Waals surface area contributed by atoms with Gasteiger partial charge in [0.05, 0.1) is 13.7 Å². The summed E-state index contributed by atoms with van der Waals surface area (Å²) >= 11 is 3.51. The van der Waals surface area contributed by atoms with Gasteiger partial charge in [-0.25, -0.2) is 10.4 Å². The summed E-state index contributed by atoms with van der Waals surface area (Å²) in [6.45, 7) is 0.983. The third kappa shape index (κ3) is 7.48. The molecule has 1 heterocycles. The number of hydrogen-bond acceptors (Lipinski definition) is 7. The van der Waals surface area contributed by atoms with Gasteiger partial charge < -0.3 is 19.3 Å². The van der Waals surface area contributed by atoms with Crippen LogP contribution >= 0.6 is 15.9 Å². The van der Waals surface area contributed by atoms with Crippen molar-refractivity contribution in [2.24, 2.45) is 4.99 Å². The van der Waals surface area contributed by atoms with E-state index in [1.807, 2.05) is 103 Å². The van der Waals surface area contributed by atoms with Crippen molar-refractivity contribution in [3.05, 3.63) is 130 Å². The number of carbonyl (C=O) groups excluding carboxylic acids is 1. The van der Waals surface area contributed by atoms with Crippen LogP contribution in [0.3, 0.4) is 0 Å². The van der Waals surface area contributed by atoms with Crippen LogP contribution in [0.1, 0.15) is 34.8 Å². The van der Waals surface area contributed by atoms with Crippen molar-refractivity contribution in [3.8, 4) is 11.5 Å². The Morgan fingerprint density at radius 1 is 0.977 bits per heavy atom. The molecular weight excluding hydrogens is 622 g/mol. The predicted molar refractivity (Wildman–Crippen MR) is 174 cm³/mol. The van der Waals surface area contributed by atoms with E-state index in [0.29, 0.717) is 44.1 Å². The Bertz CT molecular complexity index is 1550. The second-order valence-corrected chi connectivity index (χ2v) is 11.4. The Hall–Kier alpha value is -4.18. The second kappa shape index (κ2) is 15.0. The molecule has 3 N–H and O–H groups in total. The molecule has 0 aromatic heterocycles. The molecule has 1 aliphatic heterocycles. The Labute approximate surface area is 266 Å². The largest absolute Gasteiger partial charge is 0.496 e. The summed E-state index contributed by atoms with van der Waals surface area (Å²) in [5.74, 6) is 1.56. The van der Waals surface area contributed by atoms with Gasteiger partial charge in [0.2, 0.25) is 5.90 Å². The van der Waals surface area contributed by atoms with Crippen molar-refractivity contribution in [3.63, 3.8) is 0 Å². The Balaban J connectivity index is 1.45. The van der Waals surface area contributed by atoms with Gasteiger partial charge in [-0.15, -0.1) is 0 Å². The normalized spacial score (nSPS) is 17.4. The maximum Gasteiger partial charge on any atom is 0.266 e. The van der Waals surface area contributed by atoms with Gasteiger partial charge in [-0.2, -0.15) is 0 Å². The molecule has 0 saturated heterocycles. The second-order valence-electron chi connectivity index (χ2n) is 10.4. The Morgan fingerprint density at radius 3 is 2.43 bits per heavy atom. The lowest BCUT2D eigenvalue weighted by Crippen LogP contribution is -2.54. The number of hydrazine groups is 1. The highest BCUT2D eigenvalue weighted by Gasteiger charge is 2.53. The first-order chi connectivity index (χ1) is 21.5. The molecule has 44 heavy (non-hydrogen) atoms. The summed E-state index contributed by atoms with van der Waals surface area (Å²) < 4.78 is 18.7. The zero-order valence-corrected chi connectivity index (χ0v) is 26.1. The molecule has 1 amide bonds. The van der Waals surface area contributed by atoms with E-state index in [1.165, 1.54) is 0 Å².